The van der Waals surface area contributed by atoms with Gasteiger partial charge in [-0.25, -0.2) is 4.99 Å². The Morgan fingerprint density at radius 2 is 1.34 bits per heavy atom. The topological polar surface area (TPSA) is 30.6 Å². The Balaban J connectivity index is 1.44. The third kappa shape index (κ3) is 5.27. The lowest BCUT2D eigenvalue weighted by Crippen LogP contribution is -2.13. The van der Waals surface area contributed by atoms with Crippen LogP contribution in [-0.4, -0.2) is 38.9 Å². The normalized spacial score (nSPS) is 12.6. The Labute approximate surface area is 192 Å². The molecule has 1 aliphatic rings. The summed E-state index contributed by atoms with van der Waals surface area (Å²) in [4.78, 5) is 6.23. The van der Waals surface area contributed by atoms with E-state index in [1.807, 2.05) is 92.0 Å². The highest BCUT2D eigenvalue weighted by atomic mass is 15.0. The minimum absolute atomic E-state index is 0.884. The van der Waals surface area contributed by atoms with E-state index in [0.29, 0.717) is 0 Å². The zero-order valence-electron chi connectivity index (χ0n) is 18.2. The smallest absolute Gasteiger partial charge is 0.145 e. The summed E-state index contributed by atoms with van der Waals surface area (Å²) in [5.41, 5.74) is 7.72. The highest BCUT2D eigenvalue weighted by Crippen LogP contribution is 2.22. The molecule has 0 heterocycles. The van der Waals surface area contributed by atoms with Gasteiger partial charge in [-0.15, -0.1) is 7.98 Å². The van der Waals surface area contributed by atoms with Gasteiger partial charge in [-0.1, -0.05) is 17.7 Å². The van der Waals surface area contributed by atoms with E-state index in [9.17, 15) is 0 Å². The van der Waals surface area contributed by atoms with Crippen molar-refractivity contribution in [2.24, 2.45) is 4.99 Å². The molecule has 0 unspecified atom stereocenters. The first-order valence-electron chi connectivity index (χ1n) is 10.4. The largest absolute Gasteiger partial charge is 0.652 e. The van der Waals surface area contributed by atoms with E-state index in [4.69, 9.17) is 16.0 Å². The lowest BCUT2D eigenvalue weighted by molar-refractivity contribution is -0.265. The lowest BCUT2D eigenvalue weighted by atomic mass is 10.1. The molecule has 6 radical (unpaired) electrons. The van der Waals surface area contributed by atoms with E-state index in [0.717, 1.165) is 39.9 Å². The van der Waals surface area contributed by atoms with Crippen LogP contribution in [0.4, 0.5) is 28.4 Å². The molecule has 0 fully saturated rings. The monoisotopic (exact) mass is 413 g/mol. The van der Waals surface area contributed by atoms with Gasteiger partial charge in [0.1, 0.15) is 11.4 Å². The van der Waals surface area contributed by atoms with Crippen LogP contribution >= 0.6 is 0 Å². The van der Waals surface area contributed by atoms with Crippen molar-refractivity contribution < 1.29 is 4.49 Å². The predicted octanol–water partition coefficient (Wildman–Crippen LogP) is 5.33. The van der Waals surface area contributed by atoms with Crippen LogP contribution < -0.4 is 10.1 Å². The molecule has 0 aromatic heterocycles. The molecule has 0 atom stereocenters. The van der Waals surface area contributed by atoms with Crippen LogP contribution in [0.15, 0.2) is 102 Å². The van der Waals surface area contributed by atoms with Crippen LogP contribution in [0.3, 0.4) is 0 Å². The number of hydrogen-bond donors (Lipinski definition) is 1. The Bertz CT molecular complexity index is 1190. The van der Waals surface area contributed by atoms with Gasteiger partial charge >= 0.3 is 0 Å². The summed E-state index contributed by atoms with van der Waals surface area (Å²) in [7, 11) is 13.9. The van der Waals surface area contributed by atoms with Crippen LogP contribution in [-0.2, 0) is 0 Å². The first-order valence-corrected chi connectivity index (χ1v) is 10.4. The first-order chi connectivity index (χ1) is 15.5. The Kier molecular flexibility index (Phi) is 6.41. The van der Waals surface area contributed by atoms with Gasteiger partial charge in [-0.3, -0.25) is 0 Å². The molecular formula is C26H23B2N4-. The Morgan fingerprint density at radius 3 is 1.91 bits per heavy atom. The number of aliphatic imine (C=N–C) groups is 1. The van der Waals surface area contributed by atoms with Gasteiger partial charge < -0.3 is 22.6 Å². The summed E-state index contributed by atoms with van der Waals surface area (Å²) in [6.45, 7) is 2.06. The average Bonchev–Trinajstić information content (AvgIpc) is 2.81. The number of hydrogen-bond acceptors (Lipinski definition) is 3. The van der Waals surface area contributed by atoms with Gasteiger partial charge in [0.25, 0.3) is 0 Å². The molecule has 4 rings (SSSR count). The van der Waals surface area contributed by atoms with Crippen molar-refractivity contribution in [1.82, 2.24) is 0 Å². The molecule has 0 aliphatic heterocycles. The maximum Gasteiger partial charge on any atom is 0.145 e. The number of aryl methyl sites for hydroxylation is 1. The molecule has 4 nitrogen and oxygen atoms in total. The number of anilines is 3. The number of nitrogens with zero attached hydrogens (tertiary/aromatic N) is 3. The van der Waals surface area contributed by atoms with Crippen molar-refractivity contribution in [3.05, 3.63) is 103 Å². The molecule has 6 heteroatoms. The quantitative estimate of drug-likeness (QED) is 0.453. The van der Waals surface area contributed by atoms with Gasteiger partial charge in [0.15, 0.2) is 0 Å². The maximum atomic E-state index is 6.35. The second-order valence-electron chi connectivity index (χ2n) is 7.66. The second kappa shape index (κ2) is 9.56. The minimum atomic E-state index is 0.884. The highest BCUT2D eigenvalue weighted by molar-refractivity contribution is 6.20. The minimum Gasteiger partial charge on any atom is -0.652 e. The third-order valence-corrected chi connectivity index (χ3v) is 5.13. The summed E-state index contributed by atoms with van der Waals surface area (Å²) >= 11 is 0. The number of benzene rings is 3. The Morgan fingerprint density at radius 1 is 0.781 bits per heavy atom. The molecule has 1 N–H and O–H groups in total. The Hall–Kier alpha value is -3.79. The molecule has 0 saturated carbocycles. The summed E-state index contributed by atoms with van der Waals surface area (Å²) in [6, 6.07) is 24.0. The average molecular weight is 413 g/mol. The molecule has 0 amide bonds. The molecule has 32 heavy (non-hydrogen) atoms. The van der Waals surface area contributed by atoms with Crippen molar-refractivity contribution in [2.75, 3.05) is 17.2 Å². The molecular weight excluding hydrogens is 390 g/mol. The summed E-state index contributed by atoms with van der Waals surface area (Å²) < 4.78 is 1.66. The lowest BCUT2D eigenvalue weighted by Gasteiger charge is -2.29. The van der Waals surface area contributed by atoms with E-state index in [1.165, 1.54) is 5.56 Å². The predicted molar refractivity (Wildman–Crippen MR) is 138 cm³/mol. The third-order valence-electron chi connectivity index (χ3n) is 5.13. The number of rotatable bonds is 5. The standard InChI is InChI=1S/C26H23B2N4/c1-19-3-5-20(6-4-19)29-22-9-15-25(16-10-22)32(28)26-17-11-23(12-18-26)30-21-7-13-24(14-8-21)31(2)27/h3-18,30H,1-2H3/q-1. The summed E-state index contributed by atoms with van der Waals surface area (Å²) in [5.74, 6) is 0. The van der Waals surface area contributed by atoms with Crippen LogP contribution in [0.2, 0.25) is 0 Å². The van der Waals surface area contributed by atoms with Crippen LogP contribution in [0, 0.1) is 6.92 Å². The SMILES string of the molecule is [B-]N(C)c1ccc(Nc2ccc([N+]([B-])=C3C=CC(=Nc4ccc(C)cc4)C=C3)cc2)cc1. The van der Waals surface area contributed by atoms with Crippen molar-refractivity contribution >= 4 is 55.8 Å². The van der Waals surface area contributed by atoms with Crippen molar-refractivity contribution in [3.8, 4) is 0 Å². The first kappa shape index (κ1) is 21.4. The van der Waals surface area contributed by atoms with Crippen LogP contribution in [0.5, 0.6) is 0 Å². The van der Waals surface area contributed by atoms with E-state index in [2.05, 4.69) is 29.4 Å². The van der Waals surface area contributed by atoms with Crippen LogP contribution in [0.25, 0.3) is 0 Å². The fourth-order valence-electron chi connectivity index (χ4n) is 3.26. The molecule has 3 aromatic rings. The van der Waals surface area contributed by atoms with E-state index < -0.39 is 0 Å². The van der Waals surface area contributed by atoms with E-state index in [1.54, 1.807) is 9.30 Å². The number of allylic oxidation sites excluding steroid dienone is 4. The van der Waals surface area contributed by atoms with Gasteiger partial charge in [0, 0.05) is 35.7 Å². The maximum absolute atomic E-state index is 6.35. The molecule has 0 saturated heterocycles. The zero-order chi connectivity index (χ0) is 22.5. The fourth-order valence-corrected chi connectivity index (χ4v) is 3.26. The summed E-state index contributed by atoms with van der Waals surface area (Å²) in [5, 5.41) is 3.38. The molecule has 0 bridgehead atoms. The molecule has 3 aromatic carbocycles. The van der Waals surface area contributed by atoms with Gasteiger partial charge in [-0.2, -0.15) is 0 Å². The molecule has 154 valence electrons. The molecule has 0 spiro atoms. The van der Waals surface area contributed by atoms with E-state index in [-0.39, 0.29) is 0 Å². The zero-order valence-corrected chi connectivity index (χ0v) is 18.2. The van der Waals surface area contributed by atoms with Crippen molar-refractivity contribution in [2.45, 2.75) is 6.92 Å². The summed E-state index contributed by atoms with van der Waals surface area (Å²) in [6.07, 6.45) is 7.87. The van der Waals surface area contributed by atoms with Crippen LogP contribution in [0.1, 0.15) is 5.56 Å². The van der Waals surface area contributed by atoms with Gasteiger partial charge in [0.05, 0.1) is 11.4 Å². The number of nitrogens with one attached hydrogen (secondary N) is 1. The van der Waals surface area contributed by atoms with Crippen molar-refractivity contribution in [1.29, 1.82) is 0 Å². The highest BCUT2D eigenvalue weighted by Gasteiger charge is 2.06. The molecule has 1 aliphatic carbocycles. The fraction of sp³-hybridized carbons (Fsp3) is 0.0769. The van der Waals surface area contributed by atoms with Gasteiger partial charge in [0.2, 0.25) is 0 Å². The van der Waals surface area contributed by atoms with Gasteiger partial charge in [-0.05, 0) is 80.3 Å². The second-order valence-corrected chi connectivity index (χ2v) is 7.66. The van der Waals surface area contributed by atoms with Crippen molar-refractivity contribution in [3.63, 3.8) is 0 Å². The van der Waals surface area contributed by atoms with E-state index >= 15 is 0 Å².